The van der Waals surface area contributed by atoms with E-state index in [2.05, 4.69) is 15.4 Å². The lowest BCUT2D eigenvalue weighted by molar-refractivity contribution is 0.206. The number of nitrogens with zero attached hydrogens (tertiary/aromatic N) is 3. The second-order valence-corrected chi connectivity index (χ2v) is 3.03. The van der Waals surface area contributed by atoms with Gasteiger partial charge in [0.15, 0.2) is 0 Å². The predicted molar refractivity (Wildman–Crippen MR) is 59.4 cm³/mol. The molecule has 0 amide bonds. The number of hydrogen-bond acceptors (Lipinski definition) is 7. The monoisotopic (exact) mass is 212 g/mol. The van der Waals surface area contributed by atoms with E-state index in [1.165, 1.54) is 0 Å². The molecule has 7 nitrogen and oxygen atoms in total. The smallest absolute Gasteiger partial charge is 0.223 e. The molecule has 5 N–H and O–H groups in total. The summed E-state index contributed by atoms with van der Waals surface area (Å²) >= 11 is 0. The van der Waals surface area contributed by atoms with E-state index in [0.29, 0.717) is 18.2 Å². The van der Waals surface area contributed by atoms with E-state index in [4.69, 9.17) is 16.3 Å². The fourth-order valence-electron chi connectivity index (χ4n) is 1.06. The highest BCUT2D eigenvalue weighted by Crippen LogP contribution is 2.14. The molecule has 1 rings (SSSR count). The molecule has 0 aliphatic heterocycles. The second-order valence-electron chi connectivity index (χ2n) is 3.03. The van der Waals surface area contributed by atoms with Crippen LogP contribution in [0.3, 0.4) is 0 Å². The summed E-state index contributed by atoms with van der Waals surface area (Å²) in [6.07, 6.45) is 0. The number of aromatic nitrogens is 2. The van der Waals surface area contributed by atoms with Gasteiger partial charge in [-0.2, -0.15) is 9.97 Å². The first kappa shape index (κ1) is 11.5. The Hall–Kier alpha value is -1.60. The Kier molecular flexibility index (Phi) is 4.07. The van der Waals surface area contributed by atoms with Crippen LogP contribution in [0.2, 0.25) is 0 Å². The highest BCUT2D eigenvalue weighted by molar-refractivity contribution is 5.51. The van der Waals surface area contributed by atoms with Crippen LogP contribution in [0.5, 0.6) is 0 Å². The summed E-state index contributed by atoms with van der Waals surface area (Å²) in [5.41, 5.74) is 7.96. The van der Waals surface area contributed by atoms with Crippen LogP contribution in [0, 0.1) is 0 Å². The van der Waals surface area contributed by atoms with Crippen LogP contribution < -0.4 is 21.9 Å². The van der Waals surface area contributed by atoms with E-state index in [-0.39, 0.29) is 5.95 Å². The third-order valence-corrected chi connectivity index (χ3v) is 1.90. The molecular weight excluding hydrogens is 196 g/mol. The number of nitrogens with two attached hydrogens (primary N) is 2. The first-order valence-corrected chi connectivity index (χ1v) is 4.48. The first-order chi connectivity index (χ1) is 7.17. The Labute approximate surface area is 88.4 Å². The molecule has 0 bridgehead atoms. The van der Waals surface area contributed by atoms with Crippen molar-refractivity contribution in [3.05, 3.63) is 6.07 Å². The zero-order valence-electron chi connectivity index (χ0n) is 8.90. The Balaban J connectivity index is 2.78. The van der Waals surface area contributed by atoms with Crippen molar-refractivity contribution in [2.75, 3.05) is 43.4 Å². The minimum Gasteiger partial charge on any atom is -0.383 e. The Bertz CT molecular complexity index is 318. The molecule has 0 fully saturated rings. The molecule has 0 spiro atoms. The van der Waals surface area contributed by atoms with Gasteiger partial charge >= 0.3 is 0 Å². The van der Waals surface area contributed by atoms with E-state index < -0.39 is 0 Å². The number of ether oxygens (including phenoxy) is 1. The van der Waals surface area contributed by atoms with Crippen LogP contribution in [-0.2, 0) is 4.74 Å². The number of likely N-dealkylation sites (N-methyl/N-ethyl adjacent to an activating group) is 1. The number of rotatable bonds is 5. The van der Waals surface area contributed by atoms with Gasteiger partial charge in [-0.15, -0.1) is 0 Å². The standard InChI is InChI=1S/C8H16N6O/c1-14(3-4-15-2)7-5-6(13-10)11-8(9)12-7/h5H,3-4,10H2,1-2H3,(H3,9,11,12,13). The van der Waals surface area contributed by atoms with Crippen molar-refractivity contribution < 1.29 is 4.74 Å². The van der Waals surface area contributed by atoms with Crippen molar-refractivity contribution in [3.8, 4) is 0 Å². The molecule has 0 saturated heterocycles. The topological polar surface area (TPSA) is 102 Å². The summed E-state index contributed by atoms with van der Waals surface area (Å²) in [5, 5.41) is 0. The average molecular weight is 212 g/mol. The third-order valence-electron chi connectivity index (χ3n) is 1.90. The number of nitrogens with one attached hydrogen (secondary N) is 1. The van der Waals surface area contributed by atoms with Crippen molar-refractivity contribution in [1.29, 1.82) is 0 Å². The average Bonchev–Trinajstić information content (AvgIpc) is 2.24. The summed E-state index contributed by atoms with van der Waals surface area (Å²) in [5.74, 6) is 6.62. The third kappa shape index (κ3) is 3.22. The molecule has 0 aliphatic carbocycles. The van der Waals surface area contributed by atoms with Crippen LogP contribution in [0.1, 0.15) is 0 Å². The first-order valence-electron chi connectivity index (χ1n) is 4.48. The molecule has 0 atom stereocenters. The van der Waals surface area contributed by atoms with Gasteiger partial charge in [0.2, 0.25) is 5.95 Å². The van der Waals surface area contributed by atoms with Crippen LogP contribution in [0.4, 0.5) is 17.6 Å². The maximum atomic E-state index is 5.53. The van der Waals surface area contributed by atoms with E-state index in [0.717, 1.165) is 6.54 Å². The molecule has 1 aromatic heterocycles. The molecule has 7 heteroatoms. The molecule has 1 aromatic rings. The number of methoxy groups -OCH3 is 1. The predicted octanol–water partition coefficient (Wildman–Crippen LogP) is -0.573. The molecule has 15 heavy (non-hydrogen) atoms. The quantitative estimate of drug-likeness (QED) is 0.443. The van der Waals surface area contributed by atoms with Gasteiger partial charge in [0.1, 0.15) is 11.6 Å². The second kappa shape index (κ2) is 5.32. The van der Waals surface area contributed by atoms with Gasteiger partial charge in [-0.1, -0.05) is 0 Å². The number of nitrogen functional groups attached to an aromatic ring is 2. The lowest BCUT2D eigenvalue weighted by atomic mass is 10.4. The molecule has 0 radical (unpaired) electrons. The van der Waals surface area contributed by atoms with Crippen LogP contribution in [0.25, 0.3) is 0 Å². The van der Waals surface area contributed by atoms with Crippen molar-refractivity contribution in [3.63, 3.8) is 0 Å². The van der Waals surface area contributed by atoms with Gasteiger partial charge in [-0.05, 0) is 0 Å². The SMILES string of the molecule is COCCN(C)c1cc(NN)nc(N)n1. The van der Waals surface area contributed by atoms with E-state index in [1.54, 1.807) is 13.2 Å². The molecule has 0 aliphatic rings. The van der Waals surface area contributed by atoms with E-state index >= 15 is 0 Å². The van der Waals surface area contributed by atoms with Crippen LogP contribution in [-0.4, -0.2) is 37.3 Å². The zero-order valence-corrected chi connectivity index (χ0v) is 8.90. The van der Waals surface area contributed by atoms with Crippen molar-refractivity contribution in [2.45, 2.75) is 0 Å². The summed E-state index contributed by atoms with van der Waals surface area (Å²) in [6.45, 7) is 1.34. The number of hydrazine groups is 1. The normalized spacial score (nSPS) is 10.1. The lowest BCUT2D eigenvalue weighted by Gasteiger charge is -2.18. The Morgan fingerprint density at radius 1 is 1.53 bits per heavy atom. The summed E-state index contributed by atoms with van der Waals surface area (Å²) < 4.78 is 4.96. The fourth-order valence-corrected chi connectivity index (χ4v) is 1.06. The van der Waals surface area contributed by atoms with E-state index in [9.17, 15) is 0 Å². The number of anilines is 3. The molecule has 0 unspecified atom stereocenters. The van der Waals surface area contributed by atoms with Gasteiger partial charge in [-0.25, -0.2) is 5.84 Å². The molecule has 0 saturated carbocycles. The zero-order chi connectivity index (χ0) is 11.3. The Morgan fingerprint density at radius 2 is 2.27 bits per heavy atom. The summed E-state index contributed by atoms with van der Waals surface area (Å²) in [7, 11) is 3.54. The molecule has 0 aromatic carbocycles. The van der Waals surface area contributed by atoms with Crippen molar-refractivity contribution in [2.24, 2.45) is 5.84 Å². The van der Waals surface area contributed by atoms with Gasteiger partial charge in [0.05, 0.1) is 6.61 Å². The minimum atomic E-state index is 0.185. The largest absolute Gasteiger partial charge is 0.383 e. The molecule has 84 valence electrons. The summed E-state index contributed by atoms with van der Waals surface area (Å²) in [4.78, 5) is 9.87. The molecular formula is C8H16N6O. The maximum Gasteiger partial charge on any atom is 0.223 e. The highest BCUT2D eigenvalue weighted by atomic mass is 16.5. The number of hydrogen-bond donors (Lipinski definition) is 3. The van der Waals surface area contributed by atoms with Gasteiger partial charge < -0.3 is 20.8 Å². The Morgan fingerprint density at radius 3 is 2.87 bits per heavy atom. The van der Waals surface area contributed by atoms with Crippen molar-refractivity contribution >= 4 is 17.6 Å². The lowest BCUT2D eigenvalue weighted by Crippen LogP contribution is -2.24. The molecule has 1 heterocycles. The van der Waals surface area contributed by atoms with Gasteiger partial charge in [0, 0.05) is 26.8 Å². The summed E-state index contributed by atoms with van der Waals surface area (Å²) in [6, 6.07) is 1.71. The highest BCUT2D eigenvalue weighted by Gasteiger charge is 2.05. The maximum absolute atomic E-state index is 5.53. The van der Waals surface area contributed by atoms with Crippen molar-refractivity contribution in [1.82, 2.24) is 9.97 Å². The fraction of sp³-hybridized carbons (Fsp3) is 0.500. The van der Waals surface area contributed by atoms with Crippen LogP contribution in [0.15, 0.2) is 6.07 Å². The van der Waals surface area contributed by atoms with Crippen LogP contribution >= 0.6 is 0 Å². The minimum absolute atomic E-state index is 0.185. The van der Waals surface area contributed by atoms with Gasteiger partial charge in [-0.3, -0.25) is 0 Å². The van der Waals surface area contributed by atoms with E-state index in [1.807, 2.05) is 11.9 Å². The van der Waals surface area contributed by atoms with Gasteiger partial charge in [0.25, 0.3) is 0 Å².